The zero-order chi connectivity index (χ0) is 24.5. The van der Waals surface area contributed by atoms with E-state index >= 15 is 0 Å². The van der Waals surface area contributed by atoms with Gasteiger partial charge in [-0.3, -0.25) is 9.78 Å². The van der Waals surface area contributed by atoms with Gasteiger partial charge in [-0.05, 0) is 31.2 Å². The van der Waals surface area contributed by atoms with Crippen LogP contribution in [0.4, 0.5) is 34.8 Å². The largest absolute Gasteiger partial charge is 0.479 e. The zero-order valence-electron chi connectivity index (χ0n) is 19.8. The maximum atomic E-state index is 11.9. The predicted octanol–water partition coefficient (Wildman–Crippen LogP) is 3.32. The number of nitrogens with zero attached hydrogens (tertiary/aromatic N) is 6. The van der Waals surface area contributed by atoms with Gasteiger partial charge >= 0.3 is 0 Å². The minimum absolute atomic E-state index is 0.157. The SMILES string of the molecule is C=CC(=O)Nc1cc(Nc2ncnc(N3CC(C)(C)c4nc(C)ccc43)n2)c(OC)nc1NC. The van der Waals surface area contributed by atoms with Gasteiger partial charge in [0.05, 0.1) is 24.2 Å². The van der Waals surface area contributed by atoms with Gasteiger partial charge in [0.2, 0.25) is 23.7 Å². The van der Waals surface area contributed by atoms with E-state index in [0.717, 1.165) is 17.1 Å². The van der Waals surface area contributed by atoms with Gasteiger partial charge in [-0.25, -0.2) is 9.97 Å². The lowest BCUT2D eigenvalue weighted by Gasteiger charge is -2.20. The summed E-state index contributed by atoms with van der Waals surface area (Å²) in [5.74, 6) is 1.17. The number of aromatic nitrogens is 5. The molecule has 3 aromatic rings. The second kappa shape index (κ2) is 8.93. The predicted molar refractivity (Wildman–Crippen MR) is 131 cm³/mol. The highest BCUT2D eigenvalue weighted by atomic mass is 16.5. The number of carbonyl (C=O) groups excluding carboxylic acids is 1. The first-order valence-electron chi connectivity index (χ1n) is 10.7. The molecule has 0 aliphatic carbocycles. The van der Waals surface area contributed by atoms with E-state index in [9.17, 15) is 4.79 Å². The van der Waals surface area contributed by atoms with Crippen molar-refractivity contribution in [2.45, 2.75) is 26.2 Å². The van der Waals surface area contributed by atoms with Crippen molar-refractivity contribution in [3.05, 3.63) is 48.6 Å². The lowest BCUT2D eigenvalue weighted by molar-refractivity contribution is -0.111. The topological polar surface area (TPSA) is 130 Å². The Morgan fingerprint density at radius 1 is 1.21 bits per heavy atom. The Labute approximate surface area is 197 Å². The molecule has 1 aliphatic heterocycles. The molecule has 0 fully saturated rings. The molecule has 34 heavy (non-hydrogen) atoms. The van der Waals surface area contributed by atoms with E-state index in [1.54, 1.807) is 13.1 Å². The van der Waals surface area contributed by atoms with Crippen LogP contribution < -0.4 is 25.6 Å². The lowest BCUT2D eigenvalue weighted by Crippen LogP contribution is -2.26. The minimum Gasteiger partial charge on any atom is -0.479 e. The van der Waals surface area contributed by atoms with Gasteiger partial charge in [0, 0.05) is 24.7 Å². The maximum absolute atomic E-state index is 11.9. The Balaban J connectivity index is 1.68. The Bertz CT molecular complexity index is 1260. The van der Waals surface area contributed by atoms with E-state index in [4.69, 9.17) is 9.72 Å². The van der Waals surface area contributed by atoms with Crippen LogP contribution >= 0.6 is 0 Å². The number of pyridine rings is 2. The van der Waals surface area contributed by atoms with Crippen molar-refractivity contribution in [2.24, 2.45) is 0 Å². The second-order valence-electron chi connectivity index (χ2n) is 8.41. The molecule has 11 heteroatoms. The van der Waals surface area contributed by atoms with Gasteiger partial charge in [0.1, 0.15) is 12.0 Å². The number of carbonyl (C=O) groups is 1. The summed E-state index contributed by atoms with van der Waals surface area (Å²) in [5, 5.41) is 8.79. The van der Waals surface area contributed by atoms with Crippen LogP contribution in [-0.2, 0) is 10.2 Å². The van der Waals surface area contributed by atoms with E-state index < -0.39 is 0 Å². The number of hydrogen-bond donors (Lipinski definition) is 3. The van der Waals surface area contributed by atoms with E-state index in [1.165, 1.54) is 19.5 Å². The summed E-state index contributed by atoms with van der Waals surface area (Å²) in [6.07, 6.45) is 2.63. The number of hydrogen-bond acceptors (Lipinski definition) is 10. The van der Waals surface area contributed by atoms with Crippen LogP contribution in [0, 0.1) is 6.92 Å². The fourth-order valence-corrected chi connectivity index (χ4v) is 3.81. The second-order valence-corrected chi connectivity index (χ2v) is 8.41. The molecule has 1 amide bonds. The molecule has 3 N–H and O–H groups in total. The van der Waals surface area contributed by atoms with Crippen molar-refractivity contribution < 1.29 is 9.53 Å². The number of anilines is 6. The van der Waals surface area contributed by atoms with Crippen LogP contribution in [0.25, 0.3) is 0 Å². The van der Waals surface area contributed by atoms with Crippen molar-refractivity contribution in [3.63, 3.8) is 0 Å². The molecule has 0 unspecified atom stereocenters. The van der Waals surface area contributed by atoms with Crippen LogP contribution in [0.3, 0.4) is 0 Å². The first kappa shape index (κ1) is 22.9. The Morgan fingerprint density at radius 3 is 2.71 bits per heavy atom. The fourth-order valence-electron chi connectivity index (χ4n) is 3.81. The first-order chi connectivity index (χ1) is 16.2. The third kappa shape index (κ3) is 4.32. The standard InChI is InChI=1S/C23H27N9O2/c1-7-17(33)28-14-10-15(20(34-6)30-19(14)24-5)29-21-25-12-26-22(31-21)32-11-23(3,4)18-16(32)9-8-13(2)27-18/h7-10,12H,1,11H2,2-6H3,(H,24,30)(H,28,33)(H,25,26,29,31). The minimum atomic E-state index is -0.365. The molecule has 176 valence electrons. The van der Waals surface area contributed by atoms with Crippen molar-refractivity contribution in [1.82, 2.24) is 24.9 Å². The van der Waals surface area contributed by atoms with Gasteiger partial charge in [0.15, 0.2) is 5.82 Å². The van der Waals surface area contributed by atoms with E-state index in [-0.39, 0.29) is 11.3 Å². The molecule has 0 aromatic carbocycles. The summed E-state index contributed by atoms with van der Waals surface area (Å²) in [4.78, 5) is 36.3. The third-order valence-electron chi connectivity index (χ3n) is 5.41. The van der Waals surface area contributed by atoms with Gasteiger partial charge in [0.25, 0.3) is 0 Å². The molecule has 4 heterocycles. The molecule has 1 aliphatic rings. The van der Waals surface area contributed by atoms with Crippen LogP contribution in [-0.4, -0.2) is 51.5 Å². The molecule has 0 saturated carbocycles. The van der Waals surface area contributed by atoms with E-state index in [1.807, 2.05) is 24.0 Å². The van der Waals surface area contributed by atoms with Gasteiger partial charge in [-0.1, -0.05) is 20.4 Å². The summed E-state index contributed by atoms with van der Waals surface area (Å²) in [7, 11) is 3.20. The van der Waals surface area contributed by atoms with Crippen molar-refractivity contribution in [1.29, 1.82) is 0 Å². The molecule has 0 atom stereocenters. The molecule has 0 bridgehead atoms. The Hall–Kier alpha value is -4.28. The average molecular weight is 462 g/mol. The van der Waals surface area contributed by atoms with Crippen LogP contribution in [0.5, 0.6) is 5.88 Å². The summed E-state index contributed by atoms with van der Waals surface area (Å²) < 4.78 is 5.43. The highest BCUT2D eigenvalue weighted by molar-refractivity contribution is 6.01. The molecule has 4 rings (SSSR count). The van der Waals surface area contributed by atoms with E-state index in [2.05, 4.69) is 56.3 Å². The first-order valence-corrected chi connectivity index (χ1v) is 10.7. The molecule has 0 radical (unpaired) electrons. The number of aryl methyl sites for hydroxylation is 1. The van der Waals surface area contributed by atoms with Crippen LogP contribution in [0.15, 0.2) is 37.2 Å². The number of rotatable bonds is 7. The molecule has 0 saturated heterocycles. The third-order valence-corrected chi connectivity index (χ3v) is 5.41. The van der Waals surface area contributed by atoms with Crippen LogP contribution in [0.1, 0.15) is 25.2 Å². The molecule has 0 spiro atoms. The average Bonchev–Trinajstić information content (AvgIpc) is 3.09. The smallest absolute Gasteiger partial charge is 0.247 e. The Morgan fingerprint density at radius 2 is 2.00 bits per heavy atom. The Kier molecular flexibility index (Phi) is 6.01. The quantitative estimate of drug-likeness (QED) is 0.450. The summed E-state index contributed by atoms with van der Waals surface area (Å²) in [5.41, 5.74) is 3.71. The monoisotopic (exact) mass is 461 g/mol. The van der Waals surface area contributed by atoms with Crippen molar-refractivity contribution >= 4 is 40.7 Å². The zero-order valence-corrected chi connectivity index (χ0v) is 19.8. The van der Waals surface area contributed by atoms with Gasteiger partial charge < -0.3 is 25.6 Å². The molecular weight excluding hydrogens is 434 g/mol. The van der Waals surface area contributed by atoms with Crippen LogP contribution in [0.2, 0.25) is 0 Å². The summed E-state index contributed by atoms with van der Waals surface area (Å²) >= 11 is 0. The number of ether oxygens (including phenoxy) is 1. The molecule has 11 nitrogen and oxygen atoms in total. The maximum Gasteiger partial charge on any atom is 0.247 e. The van der Waals surface area contributed by atoms with Crippen molar-refractivity contribution in [2.75, 3.05) is 41.6 Å². The number of nitrogens with one attached hydrogen (secondary N) is 3. The normalized spacial score (nSPS) is 13.7. The highest BCUT2D eigenvalue weighted by Crippen LogP contribution is 2.42. The van der Waals surface area contributed by atoms with Gasteiger partial charge in [-0.2, -0.15) is 9.97 Å². The summed E-state index contributed by atoms with van der Waals surface area (Å²) in [6.45, 7) is 10.5. The van der Waals surface area contributed by atoms with Gasteiger partial charge in [-0.15, -0.1) is 0 Å². The molecule has 3 aromatic heterocycles. The number of amides is 1. The number of methoxy groups -OCH3 is 1. The lowest BCUT2D eigenvalue weighted by atomic mass is 9.91. The van der Waals surface area contributed by atoms with Crippen molar-refractivity contribution in [3.8, 4) is 5.88 Å². The fraction of sp³-hybridized carbons (Fsp3) is 0.304. The summed E-state index contributed by atoms with van der Waals surface area (Å²) in [6, 6.07) is 5.71. The number of fused-ring (bicyclic) bond motifs is 1. The molecular formula is C23H27N9O2. The van der Waals surface area contributed by atoms with E-state index in [0.29, 0.717) is 41.5 Å². The highest BCUT2D eigenvalue weighted by Gasteiger charge is 2.38.